The molecule has 202 valence electrons. The Kier molecular flexibility index (Phi) is 10.1. The number of nitrogens with zero attached hydrogens (tertiary/aromatic N) is 1. The minimum absolute atomic E-state index is 0.131. The van der Waals surface area contributed by atoms with E-state index >= 15 is 0 Å². The van der Waals surface area contributed by atoms with Crippen molar-refractivity contribution >= 4 is 11.8 Å². The molecule has 0 aliphatic carbocycles. The van der Waals surface area contributed by atoms with Crippen molar-refractivity contribution < 1.29 is 14.3 Å². The van der Waals surface area contributed by atoms with Gasteiger partial charge in [0.2, 0.25) is 5.91 Å². The molecule has 0 aliphatic rings. The average molecular weight is 515 g/mol. The molecule has 1 N–H and O–H groups in total. The fourth-order valence-electron chi connectivity index (χ4n) is 4.30. The van der Waals surface area contributed by atoms with Gasteiger partial charge in [-0.1, -0.05) is 113 Å². The van der Waals surface area contributed by atoms with Crippen molar-refractivity contribution in [2.24, 2.45) is 5.92 Å². The second-order valence-corrected chi connectivity index (χ2v) is 11.4. The van der Waals surface area contributed by atoms with Gasteiger partial charge in [0.05, 0.1) is 0 Å². The number of hydrogen-bond donors (Lipinski definition) is 1. The van der Waals surface area contributed by atoms with Crippen molar-refractivity contribution in [3.8, 4) is 5.75 Å². The molecule has 3 rings (SSSR count). The molecule has 0 fully saturated rings. The summed E-state index contributed by atoms with van der Waals surface area (Å²) in [5, 5.41) is 3.06. The van der Waals surface area contributed by atoms with E-state index in [-0.39, 0.29) is 23.8 Å². The Hall–Kier alpha value is -3.60. The van der Waals surface area contributed by atoms with E-state index in [1.807, 2.05) is 85.8 Å². The van der Waals surface area contributed by atoms with E-state index in [0.717, 1.165) is 22.3 Å². The Morgan fingerprint density at radius 3 is 2.13 bits per heavy atom. The van der Waals surface area contributed by atoms with Gasteiger partial charge in [-0.15, -0.1) is 0 Å². The molecule has 5 nitrogen and oxygen atoms in total. The van der Waals surface area contributed by atoms with Crippen molar-refractivity contribution in [2.75, 3.05) is 13.2 Å². The molecule has 0 saturated heterocycles. The van der Waals surface area contributed by atoms with Gasteiger partial charge in [0, 0.05) is 19.5 Å². The molecule has 0 aromatic heterocycles. The number of benzene rings is 3. The van der Waals surface area contributed by atoms with Crippen LogP contribution in [0.5, 0.6) is 5.75 Å². The molecule has 0 unspecified atom stereocenters. The summed E-state index contributed by atoms with van der Waals surface area (Å²) >= 11 is 0. The topological polar surface area (TPSA) is 58.6 Å². The van der Waals surface area contributed by atoms with Crippen LogP contribution in [0.1, 0.15) is 56.9 Å². The highest BCUT2D eigenvalue weighted by Crippen LogP contribution is 2.31. The zero-order valence-corrected chi connectivity index (χ0v) is 23.7. The fourth-order valence-corrected chi connectivity index (χ4v) is 4.30. The lowest BCUT2D eigenvalue weighted by Gasteiger charge is -2.32. The normalized spacial score (nSPS) is 12.2. The minimum Gasteiger partial charge on any atom is -0.483 e. The molecule has 1 atom stereocenters. The predicted octanol–water partition coefficient (Wildman–Crippen LogP) is 6.08. The van der Waals surface area contributed by atoms with Crippen LogP contribution in [0.4, 0.5) is 0 Å². The van der Waals surface area contributed by atoms with E-state index in [2.05, 4.69) is 39.9 Å². The van der Waals surface area contributed by atoms with Crippen LogP contribution in [0.15, 0.2) is 78.9 Å². The maximum Gasteiger partial charge on any atom is 0.261 e. The number of hydrogen-bond acceptors (Lipinski definition) is 3. The Bertz CT molecular complexity index is 1180. The summed E-state index contributed by atoms with van der Waals surface area (Å²) in [5.41, 5.74) is 4.01. The largest absolute Gasteiger partial charge is 0.483 e. The van der Waals surface area contributed by atoms with Crippen LogP contribution in [-0.4, -0.2) is 35.9 Å². The summed E-state index contributed by atoms with van der Waals surface area (Å²) in [4.78, 5) is 29.1. The fraction of sp³-hybridized carbons (Fsp3) is 0.394. The molecule has 0 radical (unpaired) electrons. The number of amides is 2. The van der Waals surface area contributed by atoms with Gasteiger partial charge in [-0.2, -0.15) is 0 Å². The number of aryl methyl sites for hydroxylation is 1. The summed E-state index contributed by atoms with van der Waals surface area (Å²) < 4.78 is 6.12. The molecule has 0 saturated carbocycles. The highest BCUT2D eigenvalue weighted by atomic mass is 16.5. The molecule has 0 aliphatic heterocycles. The first-order chi connectivity index (χ1) is 18.0. The Morgan fingerprint density at radius 1 is 0.868 bits per heavy atom. The van der Waals surface area contributed by atoms with Crippen molar-refractivity contribution in [1.29, 1.82) is 0 Å². The molecule has 5 heteroatoms. The molecular weight excluding hydrogens is 472 g/mol. The monoisotopic (exact) mass is 514 g/mol. The molecule has 0 bridgehead atoms. The van der Waals surface area contributed by atoms with Gasteiger partial charge in [-0.05, 0) is 41.0 Å². The SMILES string of the molecule is Cc1ccc(CN(C(=O)COc2ccccc2C(C)(C)C)[C@@H](Cc2ccccc2)C(=O)NCC(C)C)cc1. The maximum absolute atomic E-state index is 13.8. The first-order valence-electron chi connectivity index (χ1n) is 13.4. The highest BCUT2D eigenvalue weighted by Gasteiger charge is 2.31. The summed E-state index contributed by atoms with van der Waals surface area (Å²) in [5.74, 6) is 0.607. The van der Waals surface area contributed by atoms with Crippen molar-refractivity contribution in [1.82, 2.24) is 10.2 Å². The summed E-state index contributed by atoms with van der Waals surface area (Å²) in [6.07, 6.45) is 0.418. The van der Waals surface area contributed by atoms with Gasteiger partial charge in [0.15, 0.2) is 6.61 Å². The van der Waals surface area contributed by atoms with Crippen molar-refractivity contribution in [2.45, 2.75) is 66.0 Å². The number of nitrogens with one attached hydrogen (secondary N) is 1. The van der Waals surface area contributed by atoms with Gasteiger partial charge in [0.1, 0.15) is 11.8 Å². The van der Waals surface area contributed by atoms with Crippen LogP contribution in [0.25, 0.3) is 0 Å². The van der Waals surface area contributed by atoms with Crippen LogP contribution in [0.2, 0.25) is 0 Å². The summed E-state index contributed by atoms with van der Waals surface area (Å²) in [7, 11) is 0. The second-order valence-electron chi connectivity index (χ2n) is 11.4. The minimum atomic E-state index is -0.675. The molecular formula is C33H42N2O3. The third-order valence-corrected chi connectivity index (χ3v) is 6.48. The van der Waals surface area contributed by atoms with Crippen LogP contribution in [-0.2, 0) is 28.0 Å². The lowest BCUT2D eigenvalue weighted by Crippen LogP contribution is -2.52. The van der Waals surface area contributed by atoms with Gasteiger partial charge < -0.3 is 15.0 Å². The van der Waals surface area contributed by atoms with Crippen LogP contribution >= 0.6 is 0 Å². The second kappa shape index (κ2) is 13.3. The van der Waals surface area contributed by atoms with Crippen LogP contribution in [0.3, 0.4) is 0 Å². The quantitative estimate of drug-likeness (QED) is 0.337. The molecule has 0 heterocycles. The van der Waals surface area contributed by atoms with Crippen molar-refractivity contribution in [3.63, 3.8) is 0 Å². The number of ether oxygens (including phenoxy) is 1. The number of rotatable bonds is 11. The first-order valence-corrected chi connectivity index (χ1v) is 13.4. The Labute approximate surface area is 228 Å². The molecule has 0 spiro atoms. The Morgan fingerprint density at radius 2 is 1.50 bits per heavy atom. The van der Waals surface area contributed by atoms with E-state index in [1.165, 1.54) is 0 Å². The number of carbonyl (C=O) groups excluding carboxylic acids is 2. The van der Waals surface area contributed by atoms with Gasteiger partial charge in [-0.3, -0.25) is 9.59 Å². The van der Waals surface area contributed by atoms with E-state index in [9.17, 15) is 9.59 Å². The zero-order valence-electron chi connectivity index (χ0n) is 23.7. The standard InChI is InChI=1S/C33H42N2O3/c1-24(2)21-34-32(37)29(20-26-12-8-7-9-13-26)35(22-27-18-16-25(3)17-19-27)31(36)23-38-30-15-11-10-14-28(30)33(4,5)6/h7-19,24,29H,20-23H2,1-6H3,(H,34,37)/t29-/m0/s1. The van der Waals surface area contributed by atoms with Gasteiger partial charge in [-0.25, -0.2) is 0 Å². The molecule has 38 heavy (non-hydrogen) atoms. The van der Waals surface area contributed by atoms with Crippen molar-refractivity contribution in [3.05, 3.63) is 101 Å². The van der Waals surface area contributed by atoms with Crippen LogP contribution in [0, 0.1) is 12.8 Å². The predicted molar refractivity (Wildman–Crippen MR) is 154 cm³/mol. The number of para-hydroxylation sites is 1. The Balaban J connectivity index is 1.93. The molecule has 3 aromatic carbocycles. The van der Waals surface area contributed by atoms with E-state index < -0.39 is 6.04 Å². The molecule has 2 amide bonds. The summed E-state index contributed by atoms with van der Waals surface area (Å²) in [6.45, 7) is 13.2. The number of carbonyl (C=O) groups is 2. The lowest BCUT2D eigenvalue weighted by atomic mass is 9.86. The van der Waals surface area contributed by atoms with E-state index in [0.29, 0.717) is 31.2 Å². The third-order valence-electron chi connectivity index (χ3n) is 6.48. The van der Waals surface area contributed by atoms with E-state index in [1.54, 1.807) is 4.90 Å². The maximum atomic E-state index is 13.8. The first kappa shape index (κ1) is 29.0. The van der Waals surface area contributed by atoms with Gasteiger partial charge in [0.25, 0.3) is 5.91 Å². The lowest BCUT2D eigenvalue weighted by molar-refractivity contribution is -0.142. The van der Waals surface area contributed by atoms with Crippen LogP contribution < -0.4 is 10.1 Å². The van der Waals surface area contributed by atoms with Gasteiger partial charge >= 0.3 is 0 Å². The molecule has 3 aromatic rings. The average Bonchev–Trinajstić information content (AvgIpc) is 2.89. The zero-order chi connectivity index (χ0) is 27.7. The smallest absolute Gasteiger partial charge is 0.261 e. The highest BCUT2D eigenvalue weighted by molar-refractivity contribution is 5.88. The third kappa shape index (κ3) is 8.47. The summed E-state index contributed by atoms with van der Waals surface area (Å²) in [6, 6.07) is 25.1. The van der Waals surface area contributed by atoms with E-state index in [4.69, 9.17) is 4.74 Å².